The average Bonchev–Trinajstić information content (AvgIpc) is 3.01. The summed E-state index contributed by atoms with van der Waals surface area (Å²) >= 11 is 0. The van der Waals surface area contributed by atoms with Gasteiger partial charge in [0.15, 0.2) is 0 Å². The molecule has 1 aromatic rings. The van der Waals surface area contributed by atoms with Gasteiger partial charge in [0.1, 0.15) is 5.82 Å². The zero-order valence-electron chi connectivity index (χ0n) is 14.1. The molecule has 0 radical (unpaired) electrons. The second kappa shape index (κ2) is 4.97. The van der Waals surface area contributed by atoms with Crippen LogP contribution in [0.15, 0.2) is 12.3 Å². The van der Waals surface area contributed by atoms with Crippen LogP contribution in [0.4, 0.5) is 10.6 Å². The van der Waals surface area contributed by atoms with E-state index >= 15 is 0 Å². The van der Waals surface area contributed by atoms with Gasteiger partial charge in [-0.1, -0.05) is 6.42 Å². The number of urea groups is 1. The highest BCUT2D eigenvalue weighted by Crippen LogP contribution is 2.62. The van der Waals surface area contributed by atoms with Gasteiger partial charge in [-0.2, -0.15) is 5.10 Å². The topological polar surface area (TPSA) is 68.2 Å². The highest BCUT2D eigenvalue weighted by molar-refractivity contribution is 5.88. The predicted molar refractivity (Wildman–Crippen MR) is 87.3 cm³/mol. The molecule has 1 spiro atoms. The predicted octanol–water partition coefficient (Wildman–Crippen LogP) is 2.72. The van der Waals surface area contributed by atoms with Crippen molar-refractivity contribution in [1.82, 2.24) is 15.1 Å². The molecule has 2 heterocycles. The van der Waals surface area contributed by atoms with Crippen LogP contribution in [0, 0.1) is 11.3 Å². The summed E-state index contributed by atoms with van der Waals surface area (Å²) in [4.78, 5) is 12.5. The molecule has 0 bridgehead atoms. The number of nitrogens with zero attached hydrogens (tertiary/aromatic N) is 2. The van der Waals surface area contributed by atoms with Crippen molar-refractivity contribution in [3.63, 3.8) is 0 Å². The monoisotopic (exact) mass is 318 g/mol. The van der Waals surface area contributed by atoms with Crippen LogP contribution < -0.4 is 10.6 Å². The third kappa shape index (κ3) is 2.18. The number of fused-ring (bicyclic) bond motifs is 2. The molecule has 6 heteroatoms. The normalized spacial score (nSPS) is 31.2. The molecule has 1 saturated heterocycles. The van der Waals surface area contributed by atoms with E-state index in [4.69, 9.17) is 4.74 Å². The molecule has 126 valence electrons. The van der Waals surface area contributed by atoms with Gasteiger partial charge in [-0.3, -0.25) is 5.32 Å². The summed E-state index contributed by atoms with van der Waals surface area (Å²) in [5.74, 6) is 1.23. The highest BCUT2D eigenvalue weighted by Gasteiger charge is 2.67. The first-order chi connectivity index (χ1) is 10.9. The number of nitrogens with one attached hydrogen (secondary N) is 2. The van der Waals surface area contributed by atoms with Crippen molar-refractivity contribution in [2.45, 2.75) is 64.1 Å². The van der Waals surface area contributed by atoms with Gasteiger partial charge < -0.3 is 10.1 Å². The summed E-state index contributed by atoms with van der Waals surface area (Å²) in [6, 6.07) is 1.97. The molecule has 2 aliphatic carbocycles. The summed E-state index contributed by atoms with van der Waals surface area (Å²) in [7, 11) is 0. The van der Waals surface area contributed by atoms with Gasteiger partial charge in [-0.05, 0) is 40.0 Å². The third-order valence-corrected chi connectivity index (χ3v) is 5.84. The maximum Gasteiger partial charge on any atom is 0.320 e. The molecule has 1 aliphatic heterocycles. The minimum atomic E-state index is -0.165. The van der Waals surface area contributed by atoms with E-state index in [0.717, 1.165) is 18.8 Å². The average molecular weight is 318 g/mol. The van der Waals surface area contributed by atoms with Crippen LogP contribution in [0.1, 0.15) is 46.5 Å². The van der Waals surface area contributed by atoms with E-state index in [1.807, 2.05) is 10.7 Å². The standard InChI is InChI=1S/C17H26N4O2/c1-16(2,3)21-12(5-9-18-21)19-15(22)20-13-11-6-10-23-14(11)17(13)7-4-8-17/h5,9,11,13-14H,4,6-8,10H2,1-3H3,(H2,19,20,22)/t11-,13-,14-/m1/s1. The van der Waals surface area contributed by atoms with Crippen molar-refractivity contribution in [2.75, 3.05) is 11.9 Å². The maximum atomic E-state index is 12.5. The van der Waals surface area contributed by atoms with Crippen molar-refractivity contribution in [1.29, 1.82) is 0 Å². The molecule has 1 aromatic heterocycles. The van der Waals surface area contributed by atoms with Gasteiger partial charge >= 0.3 is 6.03 Å². The number of carbonyl (C=O) groups is 1. The van der Waals surface area contributed by atoms with Crippen LogP contribution in [-0.2, 0) is 10.3 Å². The van der Waals surface area contributed by atoms with Gasteiger partial charge in [-0.15, -0.1) is 0 Å². The number of hydrogen-bond donors (Lipinski definition) is 2. The van der Waals surface area contributed by atoms with E-state index in [1.54, 1.807) is 6.20 Å². The lowest BCUT2D eigenvalue weighted by Crippen LogP contribution is -2.72. The quantitative estimate of drug-likeness (QED) is 0.881. The molecule has 3 fully saturated rings. The fourth-order valence-electron chi connectivity index (χ4n) is 4.68. The minimum absolute atomic E-state index is 0.127. The molecule has 23 heavy (non-hydrogen) atoms. The van der Waals surface area contributed by atoms with Gasteiger partial charge in [-0.25, -0.2) is 9.48 Å². The molecule has 2 saturated carbocycles. The van der Waals surface area contributed by atoms with E-state index in [2.05, 4.69) is 36.5 Å². The lowest BCUT2D eigenvalue weighted by Gasteiger charge is -2.63. The van der Waals surface area contributed by atoms with E-state index < -0.39 is 0 Å². The molecule has 0 unspecified atom stereocenters. The molecule has 2 amide bonds. The summed E-state index contributed by atoms with van der Waals surface area (Å²) < 4.78 is 7.75. The Hall–Kier alpha value is -1.56. The molecular formula is C17H26N4O2. The fourth-order valence-corrected chi connectivity index (χ4v) is 4.68. The first-order valence-electron chi connectivity index (χ1n) is 8.65. The first kappa shape index (κ1) is 15.0. The largest absolute Gasteiger partial charge is 0.377 e. The lowest BCUT2D eigenvalue weighted by atomic mass is 9.46. The molecule has 2 N–H and O–H groups in total. The van der Waals surface area contributed by atoms with Crippen LogP contribution in [0.25, 0.3) is 0 Å². The Bertz CT molecular complexity index is 614. The number of anilines is 1. The molecule has 4 rings (SSSR count). The number of carbonyl (C=O) groups excluding carboxylic acids is 1. The van der Waals surface area contributed by atoms with E-state index in [1.165, 1.54) is 19.3 Å². The Kier molecular flexibility index (Phi) is 3.24. The molecular weight excluding hydrogens is 292 g/mol. The molecule has 0 aromatic carbocycles. The first-order valence-corrected chi connectivity index (χ1v) is 8.65. The van der Waals surface area contributed by atoms with Gasteiger partial charge in [0, 0.05) is 30.0 Å². The third-order valence-electron chi connectivity index (χ3n) is 5.84. The Balaban J connectivity index is 1.44. The van der Waals surface area contributed by atoms with E-state index in [-0.39, 0.29) is 23.0 Å². The van der Waals surface area contributed by atoms with Gasteiger partial charge in [0.05, 0.1) is 17.8 Å². The van der Waals surface area contributed by atoms with Crippen molar-refractivity contribution in [3.8, 4) is 0 Å². The number of ether oxygens (including phenoxy) is 1. The summed E-state index contributed by atoms with van der Waals surface area (Å²) in [6.45, 7) is 7.05. The lowest BCUT2D eigenvalue weighted by molar-refractivity contribution is -0.171. The van der Waals surface area contributed by atoms with Crippen LogP contribution in [-0.4, -0.2) is 34.6 Å². The molecule has 3 atom stereocenters. The number of amides is 2. The van der Waals surface area contributed by atoms with E-state index in [0.29, 0.717) is 12.0 Å². The Morgan fingerprint density at radius 1 is 1.43 bits per heavy atom. The van der Waals surface area contributed by atoms with Crippen LogP contribution >= 0.6 is 0 Å². The molecule has 3 aliphatic rings. The van der Waals surface area contributed by atoms with Gasteiger partial charge in [0.25, 0.3) is 0 Å². The summed E-state index contributed by atoms with van der Waals surface area (Å²) in [5.41, 5.74) is 0.0466. The van der Waals surface area contributed by atoms with Gasteiger partial charge in [0.2, 0.25) is 0 Å². The Labute approximate surface area is 137 Å². The highest BCUT2D eigenvalue weighted by atomic mass is 16.5. The second-order valence-corrected chi connectivity index (χ2v) is 8.21. The van der Waals surface area contributed by atoms with Crippen LogP contribution in [0.3, 0.4) is 0 Å². The smallest absolute Gasteiger partial charge is 0.320 e. The Morgan fingerprint density at radius 3 is 2.87 bits per heavy atom. The number of aromatic nitrogens is 2. The molecule has 6 nitrogen and oxygen atoms in total. The van der Waals surface area contributed by atoms with Crippen molar-refractivity contribution in [3.05, 3.63) is 12.3 Å². The summed E-state index contributed by atoms with van der Waals surface area (Å²) in [6.07, 6.45) is 6.78. The zero-order valence-corrected chi connectivity index (χ0v) is 14.1. The van der Waals surface area contributed by atoms with Crippen LogP contribution in [0.2, 0.25) is 0 Å². The SMILES string of the molecule is CC(C)(C)n1nccc1NC(=O)N[C@@H]1[C@H]2CCO[C@H]2C12CCC2. The second-order valence-electron chi connectivity index (χ2n) is 8.21. The fraction of sp³-hybridized carbons (Fsp3) is 0.765. The minimum Gasteiger partial charge on any atom is -0.377 e. The number of hydrogen-bond acceptors (Lipinski definition) is 3. The maximum absolute atomic E-state index is 12.5. The van der Waals surface area contributed by atoms with Crippen molar-refractivity contribution < 1.29 is 9.53 Å². The number of rotatable bonds is 2. The van der Waals surface area contributed by atoms with Crippen LogP contribution in [0.5, 0.6) is 0 Å². The van der Waals surface area contributed by atoms with Crippen molar-refractivity contribution in [2.24, 2.45) is 11.3 Å². The summed E-state index contributed by atoms with van der Waals surface area (Å²) in [5, 5.41) is 10.5. The van der Waals surface area contributed by atoms with E-state index in [9.17, 15) is 4.79 Å². The zero-order chi connectivity index (χ0) is 16.2. The Morgan fingerprint density at radius 2 is 2.22 bits per heavy atom. The van der Waals surface area contributed by atoms with Crippen molar-refractivity contribution >= 4 is 11.8 Å².